The van der Waals surface area contributed by atoms with Crippen molar-refractivity contribution in [3.63, 3.8) is 0 Å². The number of aromatic nitrogens is 1. The van der Waals surface area contributed by atoms with Crippen LogP contribution < -0.4 is 16.6 Å². The molecule has 2 amide bonds. The molecule has 5 N–H and O–H groups in total. The van der Waals surface area contributed by atoms with Crippen LogP contribution in [-0.4, -0.2) is 52.0 Å². The van der Waals surface area contributed by atoms with Crippen LogP contribution in [0.4, 0.5) is 0 Å². The Morgan fingerprint density at radius 2 is 2.00 bits per heavy atom. The van der Waals surface area contributed by atoms with Crippen molar-refractivity contribution in [3.05, 3.63) is 62.6 Å². The molecule has 1 unspecified atom stereocenters. The van der Waals surface area contributed by atoms with Gasteiger partial charge in [-0.15, -0.1) is 0 Å². The average molecular weight is 519 g/mol. The summed E-state index contributed by atoms with van der Waals surface area (Å²) in [7, 11) is 0. The third-order valence-corrected chi connectivity index (χ3v) is 9.48. The SMILES string of the molecule is CC(C)C[C@H](NC(=O)c1cc2c([nH]c1=O)CC13CCN(CC4CC4)[C@H](Cc4ccc(O)cc41)[C@@H]3C2)C(N)=O. The largest absolute Gasteiger partial charge is 0.508 e. The highest BCUT2D eigenvalue weighted by Crippen LogP contribution is 2.55. The molecule has 2 fully saturated rings. The molecule has 2 bridgehead atoms. The minimum absolute atomic E-state index is 0.0311. The van der Waals surface area contributed by atoms with Crippen molar-refractivity contribution in [2.75, 3.05) is 13.1 Å². The predicted octanol–water partition coefficient (Wildman–Crippen LogP) is 2.40. The number of piperidine rings is 1. The molecule has 6 rings (SSSR count). The van der Waals surface area contributed by atoms with Gasteiger partial charge in [0.15, 0.2) is 0 Å². The number of fused-ring (bicyclic) bond motifs is 2. The smallest absolute Gasteiger partial charge is 0.261 e. The number of primary amides is 1. The van der Waals surface area contributed by atoms with Gasteiger partial charge in [-0.1, -0.05) is 19.9 Å². The molecule has 8 heteroatoms. The van der Waals surface area contributed by atoms with E-state index in [1.807, 2.05) is 19.9 Å². The lowest BCUT2D eigenvalue weighted by Gasteiger charge is -2.59. The molecule has 8 nitrogen and oxygen atoms in total. The van der Waals surface area contributed by atoms with Crippen molar-refractivity contribution >= 4 is 11.8 Å². The van der Waals surface area contributed by atoms with E-state index in [0.29, 0.717) is 24.8 Å². The van der Waals surface area contributed by atoms with Crippen molar-refractivity contribution in [1.29, 1.82) is 0 Å². The molecule has 1 aromatic heterocycles. The molecule has 2 heterocycles. The second kappa shape index (κ2) is 9.26. The number of carbonyl (C=O) groups excluding carboxylic acids is 2. The number of nitrogens with two attached hydrogens (primary N) is 1. The Morgan fingerprint density at radius 1 is 1.21 bits per heavy atom. The van der Waals surface area contributed by atoms with Crippen molar-refractivity contribution in [3.8, 4) is 5.75 Å². The number of H-pyrrole nitrogens is 1. The number of nitrogens with zero attached hydrogens (tertiary/aromatic N) is 1. The molecular weight excluding hydrogens is 480 g/mol. The highest BCUT2D eigenvalue weighted by Gasteiger charge is 2.55. The zero-order chi connectivity index (χ0) is 26.8. The summed E-state index contributed by atoms with van der Waals surface area (Å²) in [5.41, 5.74) is 9.35. The summed E-state index contributed by atoms with van der Waals surface area (Å²) in [5, 5.41) is 13.1. The third-order valence-electron chi connectivity index (χ3n) is 9.48. The Labute approximate surface area is 223 Å². The molecule has 3 aliphatic carbocycles. The monoisotopic (exact) mass is 518 g/mol. The van der Waals surface area contributed by atoms with E-state index in [-0.39, 0.29) is 22.6 Å². The summed E-state index contributed by atoms with van der Waals surface area (Å²) >= 11 is 0. The van der Waals surface area contributed by atoms with Gasteiger partial charge >= 0.3 is 0 Å². The number of pyridine rings is 1. The molecule has 4 aliphatic rings. The highest BCUT2D eigenvalue weighted by atomic mass is 16.3. The molecule has 1 saturated carbocycles. The fourth-order valence-electron chi connectivity index (χ4n) is 7.49. The lowest BCUT2D eigenvalue weighted by Crippen LogP contribution is -2.63. The fourth-order valence-corrected chi connectivity index (χ4v) is 7.49. The van der Waals surface area contributed by atoms with Crippen LogP contribution in [0.25, 0.3) is 0 Å². The topological polar surface area (TPSA) is 129 Å². The van der Waals surface area contributed by atoms with Gasteiger partial charge in [0, 0.05) is 23.7 Å². The summed E-state index contributed by atoms with van der Waals surface area (Å²) in [6.07, 6.45) is 6.43. The summed E-state index contributed by atoms with van der Waals surface area (Å²) in [5.74, 6) is 0.419. The molecule has 1 aliphatic heterocycles. The Balaban J connectivity index is 1.36. The number of aromatic amines is 1. The minimum atomic E-state index is -0.820. The van der Waals surface area contributed by atoms with E-state index in [4.69, 9.17) is 5.73 Å². The highest BCUT2D eigenvalue weighted by molar-refractivity contribution is 5.97. The van der Waals surface area contributed by atoms with Gasteiger partial charge in [-0.2, -0.15) is 0 Å². The molecular formula is C30H38N4O4. The first-order valence-corrected chi connectivity index (χ1v) is 14.1. The van der Waals surface area contributed by atoms with Crippen LogP contribution in [-0.2, 0) is 29.5 Å². The van der Waals surface area contributed by atoms with E-state index in [2.05, 4.69) is 21.3 Å². The summed E-state index contributed by atoms with van der Waals surface area (Å²) < 4.78 is 0. The first-order chi connectivity index (χ1) is 18.1. The molecule has 4 atom stereocenters. The van der Waals surface area contributed by atoms with Gasteiger partial charge in [0.25, 0.3) is 11.5 Å². The maximum Gasteiger partial charge on any atom is 0.261 e. The van der Waals surface area contributed by atoms with Gasteiger partial charge in [0.1, 0.15) is 17.4 Å². The minimum Gasteiger partial charge on any atom is -0.508 e. The number of phenols is 1. The molecule has 38 heavy (non-hydrogen) atoms. The van der Waals surface area contributed by atoms with Crippen LogP contribution in [0, 0.1) is 17.8 Å². The lowest BCUT2D eigenvalue weighted by molar-refractivity contribution is -0.120. The average Bonchev–Trinajstić information content (AvgIpc) is 3.68. The normalized spacial score (nSPS) is 26.7. The van der Waals surface area contributed by atoms with Crippen molar-refractivity contribution in [2.24, 2.45) is 23.5 Å². The van der Waals surface area contributed by atoms with Gasteiger partial charge < -0.3 is 21.1 Å². The number of phenolic OH excluding ortho intramolecular Hbond substituents is 1. The quantitative estimate of drug-likeness (QED) is 0.448. The Bertz CT molecular complexity index is 1350. The van der Waals surface area contributed by atoms with Crippen molar-refractivity contribution < 1.29 is 14.7 Å². The van der Waals surface area contributed by atoms with E-state index in [0.717, 1.165) is 49.5 Å². The molecule has 1 saturated heterocycles. The van der Waals surface area contributed by atoms with Crippen LogP contribution in [0.1, 0.15) is 72.3 Å². The first kappa shape index (κ1) is 25.2. The van der Waals surface area contributed by atoms with E-state index in [1.165, 1.54) is 24.0 Å². The Kier molecular flexibility index (Phi) is 6.13. The maximum absolute atomic E-state index is 13.1. The molecule has 1 aromatic carbocycles. The summed E-state index contributed by atoms with van der Waals surface area (Å²) in [4.78, 5) is 43.9. The third kappa shape index (κ3) is 4.32. The standard InChI is InChI=1S/C30H38N4O4/c1-16(2)9-24(27(31)36)32-28(37)21-10-19-11-23-26-12-18-5-6-20(35)13-22(18)30(23,14-25(19)33-29(21)38)7-8-34(26)15-17-3-4-17/h5-6,10,13,16-17,23-24,26,35H,3-4,7-9,11-12,14-15H2,1-2H3,(H2,31,36)(H,32,37)(H,33,38)/t23-,24-,26+,30?/m0/s1. The number of benzene rings is 1. The van der Waals surface area contributed by atoms with Gasteiger partial charge in [-0.3, -0.25) is 19.3 Å². The summed E-state index contributed by atoms with van der Waals surface area (Å²) in [6.45, 7) is 6.07. The number of carbonyl (C=O) groups is 2. The van der Waals surface area contributed by atoms with Crippen LogP contribution >= 0.6 is 0 Å². The fraction of sp³-hybridized carbons (Fsp3) is 0.567. The van der Waals surface area contributed by atoms with E-state index < -0.39 is 23.4 Å². The number of nitrogens with one attached hydrogen (secondary N) is 2. The van der Waals surface area contributed by atoms with Gasteiger partial charge in [-0.05, 0) is 104 Å². The maximum atomic E-state index is 13.1. The number of hydrogen-bond acceptors (Lipinski definition) is 5. The number of likely N-dealkylation sites (tertiary alicyclic amines) is 1. The molecule has 0 spiro atoms. The second-order valence-corrected chi connectivity index (χ2v) is 12.5. The van der Waals surface area contributed by atoms with Crippen LogP contribution in [0.15, 0.2) is 29.1 Å². The number of amides is 2. The van der Waals surface area contributed by atoms with Gasteiger partial charge in [0.05, 0.1) is 0 Å². The van der Waals surface area contributed by atoms with Crippen LogP contribution in [0.3, 0.4) is 0 Å². The zero-order valence-electron chi connectivity index (χ0n) is 22.3. The summed E-state index contributed by atoms with van der Waals surface area (Å²) in [6, 6.07) is 7.12. The molecule has 202 valence electrons. The van der Waals surface area contributed by atoms with Gasteiger partial charge in [0.2, 0.25) is 5.91 Å². The number of aromatic hydroxyl groups is 1. The van der Waals surface area contributed by atoms with Crippen LogP contribution in [0.5, 0.6) is 5.75 Å². The molecule has 0 radical (unpaired) electrons. The van der Waals surface area contributed by atoms with E-state index in [1.54, 1.807) is 12.1 Å². The van der Waals surface area contributed by atoms with Crippen LogP contribution in [0.2, 0.25) is 0 Å². The Morgan fingerprint density at radius 3 is 2.71 bits per heavy atom. The van der Waals surface area contributed by atoms with E-state index in [9.17, 15) is 19.5 Å². The Hall–Kier alpha value is -3.13. The van der Waals surface area contributed by atoms with Gasteiger partial charge in [-0.25, -0.2) is 0 Å². The zero-order valence-corrected chi connectivity index (χ0v) is 22.3. The molecule has 2 aromatic rings. The van der Waals surface area contributed by atoms with E-state index >= 15 is 0 Å². The second-order valence-electron chi connectivity index (χ2n) is 12.5. The number of hydrogen-bond donors (Lipinski definition) is 4. The predicted molar refractivity (Wildman–Crippen MR) is 144 cm³/mol. The number of rotatable bonds is 7. The lowest BCUT2D eigenvalue weighted by atomic mass is 9.52. The van der Waals surface area contributed by atoms with Crippen molar-refractivity contribution in [2.45, 2.75) is 76.3 Å². The first-order valence-electron chi connectivity index (χ1n) is 14.1. The van der Waals surface area contributed by atoms with Crippen molar-refractivity contribution in [1.82, 2.24) is 15.2 Å².